The number of para-hydroxylation sites is 1. The van der Waals surface area contributed by atoms with Crippen LogP contribution < -0.4 is 10.1 Å². The van der Waals surface area contributed by atoms with Crippen LogP contribution in [0.3, 0.4) is 0 Å². The number of carbonyl (C=O) groups excluding carboxylic acids is 1. The van der Waals surface area contributed by atoms with Crippen molar-refractivity contribution < 1.29 is 14.3 Å². The van der Waals surface area contributed by atoms with Gasteiger partial charge in [-0.25, -0.2) is 0 Å². The molecule has 0 atom stereocenters. The van der Waals surface area contributed by atoms with Crippen LogP contribution in [-0.4, -0.2) is 32.8 Å². The van der Waals surface area contributed by atoms with Crippen LogP contribution in [0.1, 0.15) is 25.3 Å². The molecule has 1 N–H and O–H groups in total. The smallest absolute Gasteiger partial charge is 0.226 e. The number of ether oxygens (including phenoxy) is 2. The Morgan fingerprint density at radius 3 is 2.65 bits per heavy atom. The Bertz CT molecular complexity index is 751. The predicted octanol–water partition coefficient (Wildman–Crippen LogP) is 3.84. The second-order valence-corrected chi connectivity index (χ2v) is 6.83. The standard InChI is InChI=1S/C22H27NO3/c1-3-23-21(24)22(11-13-26-14-12-22)16-17-7-6-8-18(15-17)19-9-4-5-10-20(19)25-2/h4-10,15H,3,11-14,16H2,1-2H3,(H,23,24). The lowest BCUT2D eigenvalue weighted by Crippen LogP contribution is -2.46. The molecule has 1 amide bonds. The summed E-state index contributed by atoms with van der Waals surface area (Å²) in [4.78, 5) is 12.8. The van der Waals surface area contributed by atoms with Crippen LogP contribution in [-0.2, 0) is 16.0 Å². The lowest BCUT2D eigenvalue weighted by Gasteiger charge is -2.36. The van der Waals surface area contributed by atoms with Gasteiger partial charge in [0.15, 0.2) is 0 Å². The van der Waals surface area contributed by atoms with Crippen molar-refractivity contribution in [3.63, 3.8) is 0 Å². The van der Waals surface area contributed by atoms with Crippen LogP contribution in [0.4, 0.5) is 0 Å². The van der Waals surface area contributed by atoms with E-state index in [2.05, 4.69) is 35.6 Å². The second kappa shape index (κ2) is 8.37. The largest absolute Gasteiger partial charge is 0.496 e. The maximum atomic E-state index is 12.8. The topological polar surface area (TPSA) is 47.6 Å². The van der Waals surface area contributed by atoms with Crippen molar-refractivity contribution in [1.29, 1.82) is 0 Å². The minimum atomic E-state index is -0.381. The molecule has 0 aromatic heterocycles. The van der Waals surface area contributed by atoms with Gasteiger partial charge in [-0.3, -0.25) is 4.79 Å². The summed E-state index contributed by atoms with van der Waals surface area (Å²) >= 11 is 0. The van der Waals surface area contributed by atoms with E-state index >= 15 is 0 Å². The van der Waals surface area contributed by atoms with E-state index in [1.807, 2.05) is 25.1 Å². The van der Waals surface area contributed by atoms with Gasteiger partial charge in [0.05, 0.1) is 12.5 Å². The summed E-state index contributed by atoms with van der Waals surface area (Å²) in [5.74, 6) is 1.00. The van der Waals surface area contributed by atoms with E-state index in [9.17, 15) is 4.79 Å². The number of rotatable bonds is 6. The minimum Gasteiger partial charge on any atom is -0.496 e. The zero-order chi connectivity index (χ0) is 18.4. The van der Waals surface area contributed by atoms with E-state index in [1.165, 1.54) is 5.56 Å². The first kappa shape index (κ1) is 18.5. The van der Waals surface area contributed by atoms with Crippen molar-refractivity contribution >= 4 is 5.91 Å². The summed E-state index contributed by atoms with van der Waals surface area (Å²) in [6.45, 7) is 3.91. The quantitative estimate of drug-likeness (QED) is 0.858. The summed E-state index contributed by atoms with van der Waals surface area (Å²) in [5.41, 5.74) is 2.96. The highest BCUT2D eigenvalue weighted by molar-refractivity contribution is 5.83. The molecular formula is C22H27NO3. The average molecular weight is 353 g/mol. The Kier molecular flexibility index (Phi) is 5.94. The first-order valence-electron chi connectivity index (χ1n) is 9.27. The number of benzene rings is 2. The maximum absolute atomic E-state index is 12.8. The summed E-state index contributed by atoms with van der Waals surface area (Å²) in [7, 11) is 1.69. The van der Waals surface area contributed by atoms with E-state index in [-0.39, 0.29) is 11.3 Å². The van der Waals surface area contributed by atoms with Crippen LogP contribution in [0.25, 0.3) is 11.1 Å². The van der Waals surface area contributed by atoms with Crippen molar-refractivity contribution in [3.8, 4) is 16.9 Å². The lowest BCUT2D eigenvalue weighted by molar-refractivity contribution is -0.136. The molecule has 2 aromatic carbocycles. The molecule has 0 saturated carbocycles. The summed E-state index contributed by atoms with van der Waals surface area (Å²) < 4.78 is 11.0. The fraction of sp³-hybridized carbons (Fsp3) is 0.409. The molecule has 1 fully saturated rings. The van der Waals surface area contributed by atoms with Crippen LogP contribution in [0.5, 0.6) is 5.75 Å². The number of hydrogen-bond donors (Lipinski definition) is 1. The van der Waals surface area contributed by atoms with Gasteiger partial charge in [-0.05, 0) is 43.4 Å². The molecule has 3 rings (SSSR count). The highest BCUT2D eigenvalue weighted by atomic mass is 16.5. The molecule has 0 aliphatic carbocycles. The van der Waals surface area contributed by atoms with Gasteiger partial charge < -0.3 is 14.8 Å². The Morgan fingerprint density at radius 1 is 1.15 bits per heavy atom. The van der Waals surface area contributed by atoms with Crippen LogP contribution in [0, 0.1) is 5.41 Å². The molecule has 4 heteroatoms. The molecule has 1 aliphatic rings. The molecule has 1 saturated heterocycles. The number of hydrogen-bond acceptors (Lipinski definition) is 3. The van der Waals surface area contributed by atoms with Crippen molar-refractivity contribution in [2.45, 2.75) is 26.2 Å². The number of amides is 1. The third kappa shape index (κ3) is 3.91. The summed E-state index contributed by atoms with van der Waals surface area (Å²) in [6.07, 6.45) is 2.25. The number of methoxy groups -OCH3 is 1. The Morgan fingerprint density at radius 2 is 1.92 bits per heavy atom. The number of nitrogens with one attached hydrogen (secondary N) is 1. The van der Waals surface area contributed by atoms with Crippen LogP contribution >= 0.6 is 0 Å². The fourth-order valence-electron chi connectivity index (χ4n) is 3.72. The van der Waals surface area contributed by atoms with E-state index in [1.54, 1.807) is 7.11 Å². The van der Waals surface area contributed by atoms with Gasteiger partial charge >= 0.3 is 0 Å². The zero-order valence-electron chi connectivity index (χ0n) is 15.6. The highest BCUT2D eigenvalue weighted by Gasteiger charge is 2.39. The molecule has 4 nitrogen and oxygen atoms in total. The zero-order valence-corrected chi connectivity index (χ0v) is 15.6. The molecule has 0 radical (unpaired) electrons. The van der Waals surface area contributed by atoms with E-state index in [0.717, 1.165) is 36.1 Å². The molecule has 0 bridgehead atoms. The van der Waals surface area contributed by atoms with Crippen molar-refractivity contribution in [2.24, 2.45) is 5.41 Å². The Labute approximate surface area is 155 Å². The maximum Gasteiger partial charge on any atom is 0.226 e. The molecule has 26 heavy (non-hydrogen) atoms. The number of carbonyl (C=O) groups is 1. The van der Waals surface area contributed by atoms with Gasteiger partial charge in [-0.15, -0.1) is 0 Å². The van der Waals surface area contributed by atoms with Crippen LogP contribution in [0.15, 0.2) is 48.5 Å². The van der Waals surface area contributed by atoms with E-state index in [0.29, 0.717) is 19.8 Å². The molecule has 0 spiro atoms. The SMILES string of the molecule is CCNC(=O)C1(Cc2cccc(-c3ccccc3OC)c2)CCOCC1. The average Bonchev–Trinajstić information content (AvgIpc) is 2.69. The molecular weight excluding hydrogens is 326 g/mol. The van der Waals surface area contributed by atoms with Gasteiger partial charge in [0.1, 0.15) is 5.75 Å². The van der Waals surface area contributed by atoms with E-state index in [4.69, 9.17) is 9.47 Å². The first-order valence-corrected chi connectivity index (χ1v) is 9.27. The van der Waals surface area contributed by atoms with Gasteiger partial charge in [-0.2, -0.15) is 0 Å². The van der Waals surface area contributed by atoms with E-state index < -0.39 is 0 Å². The van der Waals surface area contributed by atoms with Crippen molar-refractivity contribution in [3.05, 3.63) is 54.1 Å². The Hall–Kier alpha value is -2.33. The predicted molar refractivity (Wildman–Crippen MR) is 103 cm³/mol. The summed E-state index contributed by atoms with van der Waals surface area (Å²) in [5, 5.41) is 3.03. The second-order valence-electron chi connectivity index (χ2n) is 6.83. The van der Waals surface area contributed by atoms with Gasteiger partial charge in [0.25, 0.3) is 0 Å². The van der Waals surface area contributed by atoms with Gasteiger partial charge in [0, 0.05) is 25.3 Å². The monoisotopic (exact) mass is 353 g/mol. The molecule has 2 aromatic rings. The van der Waals surface area contributed by atoms with Gasteiger partial charge in [-0.1, -0.05) is 42.5 Å². The summed E-state index contributed by atoms with van der Waals surface area (Å²) in [6, 6.07) is 16.4. The van der Waals surface area contributed by atoms with Crippen molar-refractivity contribution in [1.82, 2.24) is 5.32 Å². The molecule has 1 heterocycles. The lowest BCUT2D eigenvalue weighted by atomic mass is 9.74. The first-order chi connectivity index (χ1) is 12.7. The van der Waals surface area contributed by atoms with Crippen molar-refractivity contribution in [2.75, 3.05) is 26.9 Å². The minimum absolute atomic E-state index is 0.144. The Balaban J connectivity index is 1.90. The molecule has 0 unspecified atom stereocenters. The van der Waals surface area contributed by atoms with Gasteiger partial charge in [0.2, 0.25) is 5.91 Å². The third-order valence-electron chi connectivity index (χ3n) is 5.16. The molecule has 1 aliphatic heterocycles. The highest BCUT2D eigenvalue weighted by Crippen LogP contribution is 2.36. The normalized spacial score (nSPS) is 16.1. The fourth-order valence-corrected chi connectivity index (χ4v) is 3.72. The van der Waals surface area contributed by atoms with Crippen LogP contribution in [0.2, 0.25) is 0 Å². The third-order valence-corrected chi connectivity index (χ3v) is 5.16. The molecule has 138 valence electrons.